The monoisotopic (exact) mass is 308 g/mol. The van der Waals surface area contributed by atoms with Crippen LogP contribution in [0.25, 0.3) is 22.0 Å². The van der Waals surface area contributed by atoms with E-state index in [1.54, 1.807) is 37.3 Å². The van der Waals surface area contributed by atoms with Crippen LogP contribution in [0.4, 0.5) is 4.39 Å². The summed E-state index contributed by atoms with van der Waals surface area (Å²) in [6, 6.07) is 13.1. The lowest BCUT2D eigenvalue weighted by Gasteiger charge is -2.05. The number of carbonyl (C=O) groups excluding carboxylic acids is 1. The third-order valence-corrected chi connectivity index (χ3v) is 3.54. The van der Waals surface area contributed by atoms with Gasteiger partial charge in [-0.25, -0.2) is 9.18 Å². The number of halogens is 1. The summed E-state index contributed by atoms with van der Waals surface area (Å²) in [6.07, 6.45) is 0. The Kier molecular flexibility index (Phi) is 3.82. The van der Waals surface area contributed by atoms with Crippen molar-refractivity contribution in [2.45, 2.75) is 6.92 Å². The third kappa shape index (κ3) is 2.67. The second kappa shape index (κ2) is 5.93. The zero-order valence-electron chi connectivity index (χ0n) is 12.4. The normalized spacial score (nSPS) is 10.5. The molecule has 0 unspecified atom stereocenters. The molecule has 1 aromatic heterocycles. The number of nitrogens with one attached hydrogen (secondary N) is 1. The van der Waals surface area contributed by atoms with E-state index in [1.807, 2.05) is 6.07 Å². The van der Waals surface area contributed by atoms with Gasteiger partial charge in [-0.15, -0.1) is 0 Å². The molecule has 0 atom stereocenters. The zero-order chi connectivity index (χ0) is 16.4. The van der Waals surface area contributed by atoms with E-state index in [-0.39, 0.29) is 18.1 Å². The van der Waals surface area contributed by atoms with Crippen molar-refractivity contribution >= 4 is 16.9 Å². The fourth-order valence-electron chi connectivity index (χ4n) is 2.53. The van der Waals surface area contributed by atoms with Crippen LogP contribution in [0.15, 0.2) is 42.5 Å². The van der Waals surface area contributed by atoms with Gasteiger partial charge in [-0.05, 0) is 42.8 Å². The number of fused-ring (bicyclic) bond motifs is 1. The largest absolute Gasteiger partial charge is 0.461 e. The number of carbonyl (C=O) groups is 1. The van der Waals surface area contributed by atoms with Crippen LogP contribution in [0, 0.1) is 17.1 Å². The molecule has 0 fully saturated rings. The average Bonchev–Trinajstić information content (AvgIpc) is 2.94. The number of aromatic amines is 1. The van der Waals surface area contributed by atoms with Crippen molar-refractivity contribution in [3.63, 3.8) is 0 Å². The first kappa shape index (κ1) is 14.8. The Balaban J connectivity index is 2.26. The highest BCUT2D eigenvalue weighted by atomic mass is 19.1. The van der Waals surface area contributed by atoms with Gasteiger partial charge in [0.15, 0.2) is 0 Å². The van der Waals surface area contributed by atoms with Crippen molar-refractivity contribution < 1.29 is 13.9 Å². The van der Waals surface area contributed by atoms with Crippen molar-refractivity contribution in [1.82, 2.24) is 4.98 Å². The first-order chi connectivity index (χ1) is 11.1. The number of aromatic nitrogens is 1. The highest BCUT2D eigenvalue weighted by molar-refractivity contribution is 6.08. The van der Waals surface area contributed by atoms with Gasteiger partial charge >= 0.3 is 5.97 Å². The molecule has 114 valence electrons. The molecule has 0 saturated heterocycles. The lowest BCUT2D eigenvalue weighted by atomic mass is 10.0. The van der Waals surface area contributed by atoms with Crippen LogP contribution in [0.5, 0.6) is 0 Å². The number of hydrogen-bond acceptors (Lipinski definition) is 3. The number of esters is 1. The molecule has 2 aromatic carbocycles. The fraction of sp³-hybridized carbons (Fsp3) is 0.111. The lowest BCUT2D eigenvalue weighted by Crippen LogP contribution is -2.06. The quantitative estimate of drug-likeness (QED) is 0.743. The first-order valence-corrected chi connectivity index (χ1v) is 7.13. The molecule has 1 N–H and O–H groups in total. The maximum absolute atomic E-state index is 13.6. The molecule has 0 amide bonds. The molecule has 0 aliphatic carbocycles. The van der Waals surface area contributed by atoms with Gasteiger partial charge in [-0.1, -0.05) is 12.1 Å². The Morgan fingerprint density at radius 1 is 1.26 bits per heavy atom. The van der Waals surface area contributed by atoms with Crippen LogP contribution in [-0.4, -0.2) is 17.6 Å². The van der Waals surface area contributed by atoms with E-state index >= 15 is 0 Å². The molecule has 0 saturated carbocycles. The maximum atomic E-state index is 13.6. The molecule has 0 aliphatic heterocycles. The Hall–Kier alpha value is -3.13. The predicted molar refractivity (Wildman–Crippen MR) is 84.4 cm³/mol. The van der Waals surface area contributed by atoms with E-state index in [0.717, 1.165) is 0 Å². The summed E-state index contributed by atoms with van der Waals surface area (Å²) in [4.78, 5) is 15.2. The van der Waals surface area contributed by atoms with E-state index in [2.05, 4.69) is 4.98 Å². The SMILES string of the molecule is CCOC(=O)c1[nH]c2ccc(F)cc2c1-c1ccc(C#N)cc1. The minimum atomic E-state index is -0.497. The predicted octanol–water partition coefficient (Wildman–Crippen LogP) is 4.02. The van der Waals surface area contributed by atoms with Gasteiger partial charge in [-0.2, -0.15) is 5.26 Å². The van der Waals surface area contributed by atoms with Crippen LogP contribution in [0.1, 0.15) is 23.0 Å². The number of rotatable bonds is 3. The molecule has 23 heavy (non-hydrogen) atoms. The second-order valence-electron chi connectivity index (χ2n) is 4.97. The maximum Gasteiger partial charge on any atom is 0.355 e. The number of hydrogen-bond donors (Lipinski definition) is 1. The number of nitriles is 1. The Morgan fingerprint density at radius 2 is 2.00 bits per heavy atom. The summed E-state index contributed by atoms with van der Waals surface area (Å²) in [5.41, 5.74) is 2.72. The van der Waals surface area contributed by atoms with Gasteiger partial charge in [0, 0.05) is 16.5 Å². The van der Waals surface area contributed by atoms with Gasteiger partial charge in [0.25, 0.3) is 0 Å². The van der Waals surface area contributed by atoms with Gasteiger partial charge in [-0.3, -0.25) is 0 Å². The van der Waals surface area contributed by atoms with Gasteiger partial charge < -0.3 is 9.72 Å². The van der Waals surface area contributed by atoms with Crippen LogP contribution in [0.2, 0.25) is 0 Å². The highest BCUT2D eigenvalue weighted by Crippen LogP contribution is 2.33. The van der Waals surface area contributed by atoms with Gasteiger partial charge in [0.2, 0.25) is 0 Å². The standard InChI is InChI=1S/C18H13FN2O2/c1-2-23-18(22)17-16(12-5-3-11(10-20)4-6-12)14-9-13(19)7-8-15(14)21-17/h3-9,21H,2H2,1H3. The van der Waals surface area contributed by atoms with Crippen LogP contribution >= 0.6 is 0 Å². The van der Waals surface area contributed by atoms with Crippen molar-refractivity contribution in [2.24, 2.45) is 0 Å². The van der Waals surface area contributed by atoms with Crippen molar-refractivity contribution in [1.29, 1.82) is 5.26 Å². The lowest BCUT2D eigenvalue weighted by molar-refractivity contribution is 0.0521. The number of nitrogens with zero attached hydrogens (tertiary/aromatic N) is 1. The summed E-state index contributed by atoms with van der Waals surface area (Å²) in [7, 11) is 0. The molecule has 1 heterocycles. The molecule has 0 aliphatic rings. The molecular weight excluding hydrogens is 295 g/mol. The Bertz CT molecular complexity index is 921. The number of ether oxygens (including phenoxy) is 1. The molecule has 0 radical (unpaired) electrons. The van der Waals surface area contributed by atoms with E-state index in [9.17, 15) is 9.18 Å². The van der Waals surface area contributed by atoms with Gasteiger partial charge in [0.05, 0.1) is 18.2 Å². The number of benzene rings is 2. The minimum absolute atomic E-state index is 0.245. The second-order valence-corrected chi connectivity index (χ2v) is 4.97. The van der Waals surface area contributed by atoms with E-state index < -0.39 is 5.97 Å². The van der Waals surface area contributed by atoms with E-state index in [4.69, 9.17) is 10.00 Å². The van der Waals surface area contributed by atoms with Crippen molar-refractivity contribution in [3.8, 4) is 17.2 Å². The molecule has 3 rings (SSSR count). The molecule has 3 aromatic rings. The number of H-pyrrole nitrogens is 1. The fourth-order valence-corrected chi connectivity index (χ4v) is 2.53. The zero-order valence-corrected chi connectivity index (χ0v) is 12.4. The van der Waals surface area contributed by atoms with E-state index in [0.29, 0.717) is 27.6 Å². The van der Waals surface area contributed by atoms with Crippen LogP contribution in [0.3, 0.4) is 0 Å². The molecule has 0 bridgehead atoms. The van der Waals surface area contributed by atoms with Crippen molar-refractivity contribution in [2.75, 3.05) is 6.61 Å². The first-order valence-electron chi connectivity index (χ1n) is 7.13. The summed E-state index contributed by atoms with van der Waals surface area (Å²) < 4.78 is 18.7. The highest BCUT2D eigenvalue weighted by Gasteiger charge is 2.20. The third-order valence-electron chi connectivity index (χ3n) is 3.54. The van der Waals surface area contributed by atoms with Crippen molar-refractivity contribution in [3.05, 3.63) is 59.5 Å². The summed E-state index contributed by atoms with van der Waals surface area (Å²) in [5.74, 6) is -0.884. The van der Waals surface area contributed by atoms with Gasteiger partial charge in [0.1, 0.15) is 11.5 Å². The molecule has 0 spiro atoms. The Morgan fingerprint density at radius 3 is 2.65 bits per heavy atom. The Labute approximate surface area is 132 Å². The average molecular weight is 308 g/mol. The topological polar surface area (TPSA) is 65.9 Å². The summed E-state index contributed by atoms with van der Waals surface area (Å²) >= 11 is 0. The molecule has 5 heteroatoms. The smallest absolute Gasteiger partial charge is 0.355 e. The van der Waals surface area contributed by atoms with Crippen LogP contribution in [-0.2, 0) is 4.74 Å². The summed E-state index contributed by atoms with van der Waals surface area (Å²) in [6.45, 7) is 1.97. The molecular formula is C18H13FN2O2. The minimum Gasteiger partial charge on any atom is -0.461 e. The van der Waals surface area contributed by atoms with E-state index in [1.165, 1.54) is 12.1 Å². The molecule has 4 nitrogen and oxygen atoms in total. The summed E-state index contributed by atoms with van der Waals surface area (Å²) in [5, 5.41) is 9.50. The van der Waals surface area contributed by atoms with Crippen LogP contribution < -0.4 is 0 Å².